The van der Waals surface area contributed by atoms with Crippen LogP contribution in [0.25, 0.3) is 21.9 Å². The Morgan fingerprint density at radius 1 is 1.27 bits per heavy atom. The van der Waals surface area contributed by atoms with Crippen LogP contribution in [0.4, 0.5) is 4.39 Å². The van der Waals surface area contributed by atoms with Crippen molar-refractivity contribution in [2.45, 2.75) is 12.5 Å². The molecule has 5 nitrogen and oxygen atoms in total. The highest BCUT2D eigenvalue weighted by Gasteiger charge is 2.31. The summed E-state index contributed by atoms with van der Waals surface area (Å²) in [6.07, 6.45) is -0.903. The molecule has 2 heterocycles. The lowest BCUT2D eigenvalue weighted by Crippen LogP contribution is -2.24. The first kappa shape index (κ1) is 12.8. The summed E-state index contributed by atoms with van der Waals surface area (Å²) >= 11 is 0. The zero-order valence-corrected chi connectivity index (χ0v) is 11.1. The normalized spacial score (nSPS) is 16.7. The summed E-state index contributed by atoms with van der Waals surface area (Å²) in [5.41, 5.74) is 0.429. The van der Waals surface area contributed by atoms with Crippen LogP contribution in [0.3, 0.4) is 0 Å². The van der Waals surface area contributed by atoms with E-state index in [4.69, 9.17) is 14.3 Å². The van der Waals surface area contributed by atoms with Crippen molar-refractivity contribution in [2.24, 2.45) is 0 Å². The summed E-state index contributed by atoms with van der Waals surface area (Å²) in [5.74, 6) is -1.36. The molecule has 2 aromatic carbocycles. The van der Waals surface area contributed by atoms with E-state index < -0.39 is 23.3 Å². The molecule has 6 heteroatoms. The number of hydrogen-bond donors (Lipinski definition) is 1. The second kappa shape index (κ2) is 4.30. The number of hydrogen-bond acceptors (Lipinski definition) is 4. The van der Waals surface area contributed by atoms with Crippen molar-refractivity contribution in [1.29, 1.82) is 0 Å². The molecule has 1 atom stereocenters. The van der Waals surface area contributed by atoms with Gasteiger partial charge >= 0.3 is 5.97 Å². The molecule has 0 bridgehead atoms. The Labute approximate surface area is 122 Å². The van der Waals surface area contributed by atoms with Crippen molar-refractivity contribution in [3.63, 3.8) is 0 Å². The highest BCUT2D eigenvalue weighted by molar-refractivity contribution is 5.93. The average Bonchev–Trinajstić information content (AvgIpc) is 2.92. The fraction of sp³-hybridized carbons (Fsp3) is 0.125. The predicted octanol–water partition coefficient (Wildman–Crippen LogP) is 2.47. The van der Waals surface area contributed by atoms with Crippen LogP contribution in [0, 0.1) is 5.82 Å². The molecule has 1 aliphatic rings. The van der Waals surface area contributed by atoms with Gasteiger partial charge in [0.05, 0.1) is 5.39 Å². The number of fused-ring (bicyclic) bond motifs is 4. The Balaban J connectivity index is 2.08. The summed E-state index contributed by atoms with van der Waals surface area (Å²) in [4.78, 5) is 23.5. The number of carboxylic acids is 1. The Bertz CT molecular complexity index is 1000. The molecule has 3 aromatic rings. The molecular weight excluding hydrogens is 291 g/mol. The third-order valence-corrected chi connectivity index (χ3v) is 3.81. The molecule has 110 valence electrons. The van der Waals surface area contributed by atoms with Crippen molar-refractivity contribution >= 4 is 27.9 Å². The van der Waals surface area contributed by atoms with E-state index in [0.29, 0.717) is 11.3 Å². The molecule has 0 radical (unpaired) electrons. The lowest BCUT2D eigenvalue weighted by molar-refractivity contribution is -0.144. The molecule has 22 heavy (non-hydrogen) atoms. The van der Waals surface area contributed by atoms with Gasteiger partial charge in [0, 0.05) is 12.0 Å². The van der Waals surface area contributed by atoms with Gasteiger partial charge in [-0.2, -0.15) is 0 Å². The Morgan fingerprint density at radius 2 is 2.09 bits per heavy atom. The molecule has 1 unspecified atom stereocenters. The number of ether oxygens (including phenoxy) is 1. The van der Waals surface area contributed by atoms with E-state index in [9.17, 15) is 14.0 Å². The first-order chi connectivity index (χ1) is 10.6. The quantitative estimate of drug-likeness (QED) is 0.699. The minimum absolute atomic E-state index is 0.103. The first-order valence-corrected chi connectivity index (χ1v) is 6.62. The zero-order valence-electron chi connectivity index (χ0n) is 11.1. The molecule has 0 saturated carbocycles. The van der Waals surface area contributed by atoms with Gasteiger partial charge in [-0.05, 0) is 24.3 Å². The third kappa shape index (κ3) is 1.64. The van der Waals surface area contributed by atoms with Gasteiger partial charge in [-0.15, -0.1) is 0 Å². The molecule has 4 rings (SSSR count). The largest absolute Gasteiger partial charge is 0.478 e. The average molecular weight is 300 g/mol. The number of rotatable bonds is 1. The van der Waals surface area contributed by atoms with E-state index in [0.717, 1.165) is 0 Å². The molecule has 0 saturated heterocycles. The van der Waals surface area contributed by atoms with Gasteiger partial charge in [-0.25, -0.2) is 9.18 Å². The number of carbonyl (C=O) groups is 1. The van der Waals surface area contributed by atoms with Crippen LogP contribution in [-0.2, 0) is 11.2 Å². The minimum atomic E-state index is -1.08. The summed E-state index contributed by atoms with van der Waals surface area (Å²) in [6, 6.07) is 7.14. The standard InChI is InChI=1S/C16H9FO5/c17-9-2-1-3-11-13(9)14(18)7-4-5-10-8(15(7)22-11)6-12(21-10)16(19)20/h1-5,12H,6H2,(H,19,20). The number of carboxylic acid groups (broad SMARTS) is 1. The SMILES string of the molecule is O=C(O)C1Cc2c(ccc3c(=O)c4c(F)cccc4oc23)O1. The summed E-state index contributed by atoms with van der Waals surface area (Å²) in [7, 11) is 0. The smallest absolute Gasteiger partial charge is 0.345 e. The van der Waals surface area contributed by atoms with Crippen molar-refractivity contribution in [3.05, 3.63) is 51.9 Å². The molecule has 1 N–H and O–H groups in total. The maximum atomic E-state index is 13.9. The topological polar surface area (TPSA) is 76.7 Å². The lowest BCUT2D eigenvalue weighted by atomic mass is 10.0. The van der Waals surface area contributed by atoms with Crippen LogP contribution in [0.15, 0.2) is 39.5 Å². The number of aliphatic carboxylic acids is 1. The van der Waals surface area contributed by atoms with E-state index in [1.54, 1.807) is 0 Å². The minimum Gasteiger partial charge on any atom is -0.478 e. The van der Waals surface area contributed by atoms with Crippen LogP contribution < -0.4 is 10.2 Å². The van der Waals surface area contributed by atoms with Crippen molar-refractivity contribution in [1.82, 2.24) is 0 Å². The van der Waals surface area contributed by atoms with Crippen molar-refractivity contribution in [2.75, 3.05) is 0 Å². The maximum absolute atomic E-state index is 13.9. The van der Waals surface area contributed by atoms with E-state index in [-0.39, 0.29) is 28.4 Å². The summed E-state index contributed by atoms with van der Waals surface area (Å²) in [6.45, 7) is 0. The van der Waals surface area contributed by atoms with Gasteiger partial charge < -0.3 is 14.3 Å². The van der Waals surface area contributed by atoms with Crippen LogP contribution in [0.1, 0.15) is 5.56 Å². The van der Waals surface area contributed by atoms with Gasteiger partial charge in [0.2, 0.25) is 5.43 Å². The summed E-state index contributed by atoms with van der Waals surface area (Å²) < 4.78 is 24.8. The van der Waals surface area contributed by atoms with Gasteiger partial charge in [-0.1, -0.05) is 6.07 Å². The predicted molar refractivity (Wildman–Crippen MR) is 75.7 cm³/mol. The van der Waals surface area contributed by atoms with Crippen LogP contribution in [-0.4, -0.2) is 17.2 Å². The Morgan fingerprint density at radius 3 is 2.86 bits per heavy atom. The fourth-order valence-electron chi connectivity index (χ4n) is 2.78. The molecule has 0 spiro atoms. The second-order valence-electron chi connectivity index (χ2n) is 5.11. The Kier molecular flexibility index (Phi) is 2.51. The van der Waals surface area contributed by atoms with E-state index in [1.165, 1.54) is 30.3 Å². The number of halogens is 1. The Hall–Kier alpha value is -2.89. The van der Waals surface area contributed by atoms with Crippen LogP contribution in [0.5, 0.6) is 5.75 Å². The van der Waals surface area contributed by atoms with E-state index >= 15 is 0 Å². The van der Waals surface area contributed by atoms with Crippen molar-refractivity contribution in [3.8, 4) is 5.75 Å². The highest BCUT2D eigenvalue weighted by atomic mass is 19.1. The van der Waals surface area contributed by atoms with Crippen LogP contribution in [0.2, 0.25) is 0 Å². The first-order valence-electron chi connectivity index (χ1n) is 6.62. The van der Waals surface area contributed by atoms with Crippen LogP contribution >= 0.6 is 0 Å². The van der Waals surface area contributed by atoms with E-state index in [2.05, 4.69) is 0 Å². The lowest BCUT2D eigenvalue weighted by Gasteiger charge is -2.05. The molecule has 0 amide bonds. The third-order valence-electron chi connectivity index (χ3n) is 3.81. The zero-order chi connectivity index (χ0) is 15.4. The van der Waals surface area contributed by atoms with Gasteiger partial charge in [-0.3, -0.25) is 4.79 Å². The summed E-state index contributed by atoms with van der Waals surface area (Å²) in [5, 5.41) is 9.16. The number of benzene rings is 2. The highest BCUT2D eigenvalue weighted by Crippen LogP contribution is 2.35. The second-order valence-corrected chi connectivity index (χ2v) is 5.11. The molecule has 1 aliphatic heterocycles. The van der Waals surface area contributed by atoms with E-state index in [1.807, 2.05) is 0 Å². The fourth-order valence-corrected chi connectivity index (χ4v) is 2.78. The van der Waals surface area contributed by atoms with Crippen molar-refractivity contribution < 1.29 is 23.4 Å². The molecular formula is C16H9FO5. The maximum Gasteiger partial charge on any atom is 0.345 e. The molecule has 0 fully saturated rings. The van der Waals surface area contributed by atoms with Gasteiger partial charge in [0.1, 0.15) is 28.1 Å². The monoisotopic (exact) mass is 300 g/mol. The van der Waals surface area contributed by atoms with Gasteiger partial charge in [0.25, 0.3) is 0 Å². The molecule has 1 aromatic heterocycles. The molecule has 0 aliphatic carbocycles. The van der Waals surface area contributed by atoms with Gasteiger partial charge in [0.15, 0.2) is 6.10 Å².